The zero-order chi connectivity index (χ0) is 15.5. The maximum atomic E-state index is 11.8. The third-order valence-electron chi connectivity index (χ3n) is 2.70. The van der Waals surface area contributed by atoms with Crippen LogP contribution in [-0.4, -0.2) is 17.7 Å². The highest BCUT2D eigenvalue weighted by Crippen LogP contribution is 2.24. The highest BCUT2D eigenvalue weighted by molar-refractivity contribution is 14.1. The van der Waals surface area contributed by atoms with Crippen LogP contribution in [0.5, 0.6) is 5.75 Å². The van der Waals surface area contributed by atoms with E-state index in [-0.39, 0.29) is 17.9 Å². The van der Waals surface area contributed by atoms with Gasteiger partial charge < -0.3 is 14.6 Å². The van der Waals surface area contributed by atoms with Gasteiger partial charge in [-0.3, -0.25) is 4.79 Å². The van der Waals surface area contributed by atoms with Gasteiger partial charge in [0.25, 0.3) is 5.91 Å². The number of hydrogen-bond acceptors (Lipinski definition) is 4. The molecule has 0 spiro atoms. The number of benzene rings is 1. The molecular formula is C15H17IN2O3. The lowest BCUT2D eigenvalue weighted by Gasteiger charge is -2.12. The monoisotopic (exact) mass is 400 g/mol. The molecule has 1 amide bonds. The number of hydrogen-bond donors (Lipinski definition) is 1. The van der Waals surface area contributed by atoms with Gasteiger partial charge in [-0.2, -0.15) is 0 Å². The standard InChI is InChI=1S/C15H17IN2O3/c1-15(2,3)12-8-13(18-21-12)17-14(19)9-20-11-6-4-10(16)5-7-11/h4-8H,9H2,1-3H3,(H,17,18,19). The Morgan fingerprint density at radius 3 is 2.57 bits per heavy atom. The summed E-state index contributed by atoms with van der Waals surface area (Å²) in [5.74, 6) is 1.50. The van der Waals surface area contributed by atoms with Crippen molar-refractivity contribution in [3.63, 3.8) is 0 Å². The predicted molar refractivity (Wildman–Crippen MR) is 88.5 cm³/mol. The number of amides is 1. The predicted octanol–water partition coefficient (Wildman–Crippen LogP) is 3.59. The summed E-state index contributed by atoms with van der Waals surface area (Å²) in [6.07, 6.45) is 0. The second-order valence-corrected chi connectivity index (χ2v) is 6.86. The zero-order valence-corrected chi connectivity index (χ0v) is 14.3. The number of anilines is 1. The maximum absolute atomic E-state index is 11.8. The van der Waals surface area contributed by atoms with E-state index in [2.05, 4.69) is 33.1 Å². The van der Waals surface area contributed by atoms with Crippen molar-refractivity contribution in [3.05, 3.63) is 39.7 Å². The Labute approximate surface area is 137 Å². The third kappa shape index (κ3) is 4.73. The van der Waals surface area contributed by atoms with Crippen molar-refractivity contribution in [3.8, 4) is 5.75 Å². The van der Waals surface area contributed by atoms with Crippen LogP contribution < -0.4 is 10.1 Å². The van der Waals surface area contributed by atoms with Gasteiger partial charge in [0.2, 0.25) is 0 Å². The van der Waals surface area contributed by atoms with E-state index in [1.165, 1.54) is 0 Å². The first kappa shape index (κ1) is 15.8. The summed E-state index contributed by atoms with van der Waals surface area (Å²) in [5.41, 5.74) is -0.145. The maximum Gasteiger partial charge on any atom is 0.263 e. The van der Waals surface area contributed by atoms with Crippen molar-refractivity contribution in [1.82, 2.24) is 5.16 Å². The Kier molecular flexibility index (Phi) is 4.87. The van der Waals surface area contributed by atoms with Crippen LogP contribution in [0.25, 0.3) is 0 Å². The van der Waals surface area contributed by atoms with E-state index in [0.717, 1.165) is 9.33 Å². The first-order valence-corrected chi connectivity index (χ1v) is 7.58. The Morgan fingerprint density at radius 2 is 2.00 bits per heavy atom. The number of nitrogens with one attached hydrogen (secondary N) is 1. The molecule has 0 unspecified atom stereocenters. The second kappa shape index (κ2) is 6.46. The topological polar surface area (TPSA) is 64.4 Å². The molecule has 1 heterocycles. The lowest BCUT2D eigenvalue weighted by atomic mass is 9.93. The molecule has 2 rings (SSSR count). The van der Waals surface area contributed by atoms with Crippen molar-refractivity contribution < 1.29 is 14.1 Å². The molecule has 6 heteroatoms. The number of rotatable bonds is 4. The molecule has 5 nitrogen and oxygen atoms in total. The molecule has 112 valence electrons. The van der Waals surface area contributed by atoms with Gasteiger partial charge in [-0.05, 0) is 46.9 Å². The number of aromatic nitrogens is 1. The van der Waals surface area contributed by atoms with E-state index in [1.54, 1.807) is 6.07 Å². The Bertz CT molecular complexity index is 615. The van der Waals surface area contributed by atoms with Gasteiger partial charge in [-0.1, -0.05) is 25.9 Å². The highest BCUT2D eigenvalue weighted by Gasteiger charge is 2.20. The summed E-state index contributed by atoms with van der Waals surface area (Å²) >= 11 is 2.21. The van der Waals surface area contributed by atoms with Crippen molar-refractivity contribution in [2.45, 2.75) is 26.2 Å². The average Bonchev–Trinajstić information content (AvgIpc) is 2.86. The Hall–Kier alpha value is -1.57. The lowest BCUT2D eigenvalue weighted by molar-refractivity contribution is -0.118. The molecular weight excluding hydrogens is 383 g/mol. The molecule has 2 aromatic rings. The summed E-state index contributed by atoms with van der Waals surface area (Å²) in [6.45, 7) is 5.97. The number of carbonyl (C=O) groups is 1. The molecule has 0 aliphatic heterocycles. The molecule has 21 heavy (non-hydrogen) atoms. The molecule has 0 fully saturated rings. The molecule has 0 aliphatic carbocycles. The van der Waals surface area contributed by atoms with E-state index in [4.69, 9.17) is 9.26 Å². The van der Waals surface area contributed by atoms with Crippen LogP contribution in [0, 0.1) is 3.57 Å². The lowest BCUT2D eigenvalue weighted by Crippen LogP contribution is -2.20. The van der Waals surface area contributed by atoms with Gasteiger partial charge in [0.15, 0.2) is 12.4 Å². The normalized spacial score (nSPS) is 11.2. The largest absolute Gasteiger partial charge is 0.484 e. The average molecular weight is 400 g/mol. The fourth-order valence-electron chi connectivity index (χ4n) is 1.55. The van der Waals surface area contributed by atoms with E-state index in [1.807, 2.05) is 45.0 Å². The molecule has 0 saturated heterocycles. The number of carbonyl (C=O) groups excluding carboxylic acids is 1. The third-order valence-corrected chi connectivity index (χ3v) is 3.42. The van der Waals surface area contributed by atoms with E-state index in [0.29, 0.717) is 11.6 Å². The number of ether oxygens (including phenoxy) is 1. The fourth-order valence-corrected chi connectivity index (χ4v) is 1.91. The zero-order valence-electron chi connectivity index (χ0n) is 12.1. The smallest absolute Gasteiger partial charge is 0.263 e. The van der Waals surface area contributed by atoms with Crippen LogP contribution in [0.15, 0.2) is 34.9 Å². The molecule has 0 aliphatic rings. The minimum absolute atomic E-state index is 0.0711. The highest BCUT2D eigenvalue weighted by atomic mass is 127. The number of nitrogens with zero attached hydrogens (tertiary/aromatic N) is 1. The Balaban J connectivity index is 1.87. The Morgan fingerprint density at radius 1 is 1.33 bits per heavy atom. The van der Waals surface area contributed by atoms with E-state index >= 15 is 0 Å². The van der Waals surface area contributed by atoms with Crippen LogP contribution in [0.3, 0.4) is 0 Å². The summed E-state index contributed by atoms with van der Waals surface area (Å²) in [6, 6.07) is 9.20. The van der Waals surface area contributed by atoms with Gasteiger partial charge >= 0.3 is 0 Å². The molecule has 0 bridgehead atoms. The molecule has 0 atom stereocenters. The van der Waals surface area contributed by atoms with Gasteiger partial charge in [0.1, 0.15) is 11.5 Å². The van der Waals surface area contributed by atoms with Crippen LogP contribution >= 0.6 is 22.6 Å². The summed E-state index contributed by atoms with van der Waals surface area (Å²) in [7, 11) is 0. The van der Waals surface area contributed by atoms with Crippen LogP contribution in [0.4, 0.5) is 5.82 Å². The first-order valence-electron chi connectivity index (χ1n) is 6.50. The van der Waals surface area contributed by atoms with Gasteiger partial charge in [-0.15, -0.1) is 0 Å². The van der Waals surface area contributed by atoms with Crippen LogP contribution in [0.1, 0.15) is 26.5 Å². The fraction of sp³-hybridized carbons (Fsp3) is 0.333. The van der Waals surface area contributed by atoms with Crippen molar-refractivity contribution in [2.24, 2.45) is 0 Å². The SMILES string of the molecule is CC(C)(C)c1cc(NC(=O)COc2ccc(I)cc2)no1. The molecule has 1 aromatic carbocycles. The van der Waals surface area contributed by atoms with Crippen molar-refractivity contribution in [2.75, 3.05) is 11.9 Å². The number of halogens is 1. The molecule has 1 N–H and O–H groups in total. The summed E-state index contributed by atoms with van der Waals surface area (Å²) < 4.78 is 11.7. The summed E-state index contributed by atoms with van der Waals surface area (Å²) in [4.78, 5) is 11.8. The van der Waals surface area contributed by atoms with Crippen LogP contribution in [0.2, 0.25) is 0 Å². The van der Waals surface area contributed by atoms with Crippen LogP contribution in [-0.2, 0) is 10.2 Å². The molecule has 0 saturated carbocycles. The molecule has 0 radical (unpaired) electrons. The van der Waals surface area contributed by atoms with Gasteiger partial charge in [0.05, 0.1) is 0 Å². The van der Waals surface area contributed by atoms with Gasteiger partial charge in [-0.25, -0.2) is 0 Å². The van der Waals surface area contributed by atoms with E-state index < -0.39 is 0 Å². The minimum atomic E-state index is -0.276. The van der Waals surface area contributed by atoms with Gasteiger partial charge in [0, 0.05) is 15.1 Å². The summed E-state index contributed by atoms with van der Waals surface area (Å²) in [5, 5.41) is 6.47. The van der Waals surface area contributed by atoms with E-state index in [9.17, 15) is 4.79 Å². The first-order chi connectivity index (χ1) is 9.84. The molecule has 1 aromatic heterocycles. The quantitative estimate of drug-likeness (QED) is 0.797. The second-order valence-electron chi connectivity index (χ2n) is 5.62. The van der Waals surface area contributed by atoms with Crippen molar-refractivity contribution in [1.29, 1.82) is 0 Å². The van der Waals surface area contributed by atoms with Crippen molar-refractivity contribution >= 4 is 34.3 Å². The minimum Gasteiger partial charge on any atom is -0.484 e.